The van der Waals surface area contributed by atoms with Crippen molar-refractivity contribution in [3.63, 3.8) is 0 Å². The Morgan fingerprint density at radius 2 is 1.88 bits per heavy atom. The Morgan fingerprint density at radius 1 is 1.09 bits per heavy atom. The van der Waals surface area contributed by atoms with E-state index < -0.39 is 6.10 Å². The number of ether oxygens (including phenoxy) is 1. The zero-order valence-electron chi connectivity index (χ0n) is 18.9. The van der Waals surface area contributed by atoms with Gasteiger partial charge in [0.2, 0.25) is 5.91 Å². The molecule has 2 atom stereocenters. The van der Waals surface area contributed by atoms with Crippen molar-refractivity contribution >= 4 is 11.8 Å². The molecule has 0 N–H and O–H groups in total. The third kappa shape index (κ3) is 4.50. The summed E-state index contributed by atoms with van der Waals surface area (Å²) in [5.41, 5.74) is 2.79. The van der Waals surface area contributed by atoms with Crippen LogP contribution in [0.5, 0.6) is 5.75 Å². The summed E-state index contributed by atoms with van der Waals surface area (Å²) in [5.74, 6) is 0.350. The molecular weight excluding hydrogens is 407 g/mol. The third-order valence-electron chi connectivity index (χ3n) is 6.48. The van der Waals surface area contributed by atoms with Crippen LogP contribution in [0.2, 0.25) is 0 Å². The quantitative estimate of drug-likeness (QED) is 0.668. The first-order chi connectivity index (χ1) is 15.5. The Bertz CT molecular complexity index is 987. The number of fused-ring (bicyclic) bond motifs is 1. The number of hydrogen-bond acceptors (Lipinski definition) is 3. The van der Waals surface area contributed by atoms with Crippen LogP contribution in [-0.4, -0.2) is 47.4 Å². The number of nitrogens with zero attached hydrogens (tertiary/aromatic N) is 2. The largest absolute Gasteiger partial charge is 0.481 e. The maximum absolute atomic E-state index is 14.1. The normalized spacial score (nSPS) is 18.9. The first-order valence-corrected chi connectivity index (χ1v) is 11.6. The van der Waals surface area contributed by atoms with Gasteiger partial charge in [-0.15, -0.1) is 0 Å². The van der Waals surface area contributed by atoms with Crippen molar-refractivity contribution in [3.8, 4) is 5.75 Å². The molecule has 0 aliphatic carbocycles. The summed E-state index contributed by atoms with van der Waals surface area (Å²) in [6, 6.07) is 11.9. The molecule has 2 aliphatic heterocycles. The summed E-state index contributed by atoms with van der Waals surface area (Å²) in [6.07, 6.45) is 3.25. The molecular formula is C26H31FN2O3. The van der Waals surface area contributed by atoms with Gasteiger partial charge in [0.1, 0.15) is 11.6 Å². The van der Waals surface area contributed by atoms with Crippen molar-refractivity contribution in [1.82, 2.24) is 9.80 Å². The number of amides is 2. The zero-order valence-corrected chi connectivity index (χ0v) is 18.9. The topological polar surface area (TPSA) is 49.9 Å². The number of benzene rings is 2. The molecule has 0 aromatic heterocycles. The van der Waals surface area contributed by atoms with Crippen LogP contribution in [0, 0.1) is 5.82 Å². The minimum absolute atomic E-state index is 0.0341. The van der Waals surface area contributed by atoms with Crippen molar-refractivity contribution in [2.75, 3.05) is 19.6 Å². The molecule has 5 nitrogen and oxygen atoms in total. The van der Waals surface area contributed by atoms with Crippen molar-refractivity contribution < 1.29 is 18.7 Å². The van der Waals surface area contributed by atoms with Crippen LogP contribution >= 0.6 is 0 Å². The highest BCUT2D eigenvalue weighted by molar-refractivity contribution is 5.81. The third-order valence-corrected chi connectivity index (χ3v) is 6.48. The monoisotopic (exact) mass is 438 g/mol. The van der Waals surface area contributed by atoms with Crippen LogP contribution < -0.4 is 4.74 Å². The van der Waals surface area contributed by atoms with Crippen LogP contribution in [-0.2, 0) is 16.0 Å². The van der Waals surface area contributed by atoms with E-state index in [0.29, 0.717) is 25.1 Å². The van der Waals surface area contributed by atoms with E-state index in [1.54, 1.807) is 6.07 Å². The molecule has 1 fully saturated rings. The highest BCUT2D eigenvalue weighted by Crippen LogP contribution is 2.38. The van der Waals surface area contributed by atoms with Gasteiger partial charge in [0, 0.05) is 26.1 Å². The van der Waals surface area contributed by atoms with E-state index in [1.165, 1.54) is 12.1 Å². The van der Waals surface area contributed by atoms with E-state index in [4.69, 9.17) is 4.74 Å². The summed E-state index contributed by atoms with van der Waals surface area (Å²) in [7, 11) is 0. The average Bonchev–Trinajstić information content (AvgIpc) is 3.35. The smallest absolute Gasteiger partial charge is 0.263 e. The van der Waals surface area contributed by atoms with E-state index >= 15 is 0 Å². The van der Waals surface area contributed by atoms with Gasteiger partial charge in [-0.1, -0.05) is 32.0 Å². The zero-order chi connectivity index (χ0) is 22.7. The van der Waals surface area contributed by atoms with Gasteiger partial charge in [0.05, 0.1) is 6.04 Å². The maximum Gasteiger partial charge on any atom is 0.263 e. The summed E-state index contributed by atoms with van der Waals surface area (Å²) in [5, 5.41) is 0. The lowest BCUT2D eigenvalue weighted by Crippen LogP contribution is -2.41. The van der Waals surface area contributed by atoms with Gasteiger partial charge in [-0.05, 0) is 66.6 Å². The predicted molar refractivity (Wildman–Crippen MR) is 121 cm³/mol. The Kier molecular flexibility index (Phi) is 6.77. The first kappa shape index (κ1) is 22.3. The average molecular weight is 439 g/mol. The minimum atomic E-state index is -0.532. The molecule has 2 aromatic carbocycles. The summed E-state index contributed by atoms with van der Waals surface area (Å²) < 4.78 is 20.2. The van der Waals surface area contributed by atoms with Gasteiger partial charge in [-0.2, -0.15) is 0 Å². The second-order valence-electron chi connectivity index (χ2n) is 8.56. The fourth-order valence-corrected chi connectivity index (χ4v) is 4.79. The lowest BCUT2D eigenvalue weighted by molar-refractivity contribution is -0.137. The molecule has 6 heteroatoms. The SMILES string of the molecule is CCC(=O)N1CCc2ccc(O[C@@H](CC)C(=O)N3CCCC3)cc2[C@@H]1c1cccc(F)c1. The number of rotatable bonds is 6. The van der Waals surface area contributed by atoms with Crippen molar-refractivity contribution in [2.24, 2.45) is 0 Å². The number of hydrogen-bond donors (Lipinski definition) is 0. The van der Waals surface area contributed by atoms with Gasteiger partial charge in [-0.3, -0.25) is 9.59 Å². The van der Waals surface area contributed by atoms with E-state index in [9.17, 15) is 14.0 Å². The molecule has 0 saturated carbocycles. The van der Waals surface area contributed by atoms with Crippen LogP contribution in [0.1, 0.15) is 62.3 Å². The van der Waals surface area contributed by atoms with E-state index in [0.717, 1.165) is 49.0 Å². The maximum atomic E-state index is 14.1. The van der Waals surface area contributed by atoms with Gasteiger partial charge in [0.25, 0.3) is 5.91 Å². The van der Waals surface area contributed by atoms with Crippen LogP contribution in [0.15, 0.2) is 42.5 Å². The molecule has 0 bridgehead atoms. The van der Waals surface area contributed by atoms with Gasteiger partial charge < -0.3 is 14.5 Å². The number of carbonyl (C=O) groups excluding carboxylic acids is 2. The number of likely N-dealkylation sites (tertiary alicyclic amines) is 1. The molecule has 4 rings (SSSR count). The molecule has 2 amide bonds. The lowest BCUT2D eigenvalue weighted by atomic mass is 9.87. The van der Waals surface area contributed by atoms with Crippen LogP contribution in [0.4, 0.5) is 4.39 Å². The fraction of sp³-hybridized carbons (Fsp3) is 0.462. The minimum Gasteiger partial charge on any atom is -0.481 e. The molecule has 0 unspecified atom stereocenters. The lowest BCUT2D eigenvalue weighted by Gasteiger charge is -2.38. The van der Waals surface area contributed by atoms with Crippen LogP contribution in [0.25, 0.3) is 0 Å². The molecule has 170 valence electrons. The molecule has 32 heavy (non-hydrogen) atoms. The number of halogens is 1. The van der Waals surface area contributed by atoms with Gasteiger partial charge in [0.15, 0.2) is 6.10 Å². The second-order valence-corrected chi connectivity index (χ2v) is 8.56. The molecule has 0 radical (unpaired) electrons. The fourth-order valence-electron chi connectivity index (χ4n) is 4.79. The van der Waals surface area contributed by atoms with Crippen molar-refractivity contribution in [1.29, 1.82) is 0 Å². The Balaban J connectivity index is 1.67. The molecule has 1 saturated heterocycles. The van der Waals surface area contributed by atoms with Crippen LogP contribution in [0.3, 0.4) is 0 Å². The summed E-state index contributed by atoms with van der Waals surface area (Å²) in [6.45, 7) is 5.97. The predicted octanol–water partition coefficient (Wildman–Crippen LogP) is 4.49. The van der Waals surface area contributed by atoms with E-state index in [2.05, 4.69) is 0 Å². The van der Waals surface area contributed by atoms with Crippen molar-refractivity contribution in [3.05, 3.63) is 65.0 Å². The molecule has 0 spiro atoms. The molecule has 2 aromatic rings. The highest BCUT2D eigenvalue weighted by Gasteiger charge is 2.33. The highest BCUT2D eigenvalue weighted by atomic mass is 19.1. The van der Waals surface area contributed by atoms with E-state index in [1.807, 2.05) is 47.9 Å². The number of carbonyl (C=O) groups is 2. The molecule has 2 heterocycles. The Labute approximate surface area is 189 Å². The Morgan fingerprint density at radius 3 is 2.56 bits per heavy atom. The Hall–Kier alpha value is -2.89. The summed E-state index contributed by atoms with van der Waals surface area (Å²) in [4.78, 5) is 29.3. The second kappa shape index (κ2) is 9.72. The van der Waals surface area contributed by atoms with Gasteiger partial charge >= 0.3 is 0 Å². The van der Waals surface area contributed by atoms with E-state index in [-0.39, 0.29) is 23.7 Å². The summed E-state index contributed by atoms with van der Waals surface area (Å²) >= 11 is 0. The standard InChI is InChI=1S/C26H31FN2O3/c1-3-23(26(31)28-13-5-6-14-28)32-21-11-10-18-12-15-29(24(30)4-2)25(22(18)17-21)19-8-7-9-20(27)16-19/h7-11,16-17,23,25H,3-6,12-15H2,1-2H3/t23-,25-/m0/s1. The van der Waals surface area contributed by atoms with Gasteiger partial charge in [-0.25, -0.2) is 4.39 Å². The first-order valence-electron chi connectivity index (χ1n) is 11.6. The molecule has 2 aliphatic rings. The van der Waals surface area contributed by atoms with Crippen molar-refractivity contribution in [2.45, 2.75) is 58.1 Å².